The zero-order valence-electron chi connectivity index (χ0n) is 17.4. The maximum Gasteiger partial charge on any atom is -0.00171 e. The van der Waals surface area contributed by atoms with Crippen molar-refractivity contribution < 1.29 is 0 Å². The molecule has 0 radical (unpaired) electrons. The Morgan fingerprint density at radius 1 is 0.538 bits per heavy atom. The van der Waals surface area contributed by atoms with Crippen molar-refractivity contribution in [1.29, 1.82) is 0 Å². The molecule has 0 N–H and O–H groups in total. The summed E-state index contributed by atoms with van der Waals surface area (Å²) in [7, 11) is 0. The van der Waals surface area contributed by atoms with Gasteiger partial charge in [0.15, 0.2) is 0 Å². The fraction of sp³-hybridized carbons (Fsp3) is 0.538. The molecular weight excluding hydrogens is 312 g/mol. The van der Waals surface area contributed by atoms with E-state index in [0.717, 1.165) is 12.8 Å². The Morgan fingerprint density at radius 3 is 1.23 bits per heavy atom. The largest absolute Gasteiger partial charge is 0.0651 e. The van der Waals surface area contributed by atoms with Crippen molar-refractivity contribution in [3.63, 3.8) is 0 Å². The Hall–Kier alpha value is -1.56. The van der Waals surface area contributed by atoms with Crippen LogP contribution in [0, 0.1) is 0 Å². The predicted octanol–water partition coefficient (Wildman–Crippen LogP) is 6.99. The van der Waals surface area contributed by atoms with Gasteiger partial charge in [0.2, 0.25) is 0 Å². The Bertz CT molecular complexity index is 687. The highest BCUT2D eigenvalue weighted by Gasteiger charge is 2.25. The summed E-state index contributed by atoms with van der Waals surface area (Å²) in [5, 5.41) is 0. The maximum absolute atomic E-state index is 2.35. The average Bonchev–Trinajstić information content (AvgIpc) is 2.66. The first-order valence-electron chi connectivity index (χ1n) is 11.0. The van der Waals surface area contributed by atoms with Crippen LogP contribution in [0.4, 0.5) is 0 Å². The molecule has 0 amide bonds. The Labute approximate surface area is 161 Å². The third kappa shape index (κ3) is 3.61. The molecule has 0 aromatic heterocycles. The van der Waals surface area contributed by atoms with Gasteiger partial charge in [-0.2, -0.15) is 0 Å². The molecule has 0 heterocycles. The van der Waals surface area contributed by atoms with Gasteiger partial charge in [-0.05, 0) is 83.0 Å². The number of fused-ring (bicyclic) bond motifs is 2. The topological polar surface area (TPSA) is 0 Å². The van der Waals surface area contributed by atoms with Gasteiger partial charge in [0, 0.05) is 0 Å². The molecule has 0 fully saturated rings. The van der Waals surface area contributed by atoms with Gasteiger partial charge in [0.1, 0.15) is 0 Å². The van der Waals surface area contributed by atoms with Crippen LogP contribution in [-0.4, -0.2) is 0 Å². The zero-order chi connectivity index (χ0) is 18.5. The van der Waals surface area contributed by atoms with Gasteiger partial charge in [-0.25, -0.2) is 0 Å². The van der Waals surface area contributed by atoms with Gasteiger partial charge in [-0.15, -0.1) is 0 Å². The second-order valence-corrected chi connectivity index (χ2v) is 7.99. The van der Waals surface area contributed by atoms with Crippen LogP contribution in [0.25, 0.3) is 0 Å². The molecule has 140 valence electrons. The molecule has 26 heavy (non-hydrogen) atoms. The first-order valence-corrected chi connectivity index (χ1v) is 11.0. The molecule has 3 rings (SSSR count). The van der Waals surface area contributed by atoms with Crippen molar-refractivity contribution in [2.24, 2.45) is 0 Å². The van der Waals surface area contributed by atoms with Gasteiger partial charge in [-0.1, -0.05) is 77.6 Å². The van der Waals surface area contributed by atoms with Gasteiger partial charge in [-0.3, -0.25) is 0 Å². The van der Waals surface area contributed by atoms with E-state index in [1.807, 2.05) is 0 Å². The van der Waals surface area contributed by atoms with E-state index in [1.165, 1.54) is 51.4 Å². The molecule has 0 bridgehead atoms. The highest BCUT2D eigenvalue weighted by Crippen LogP contribution is 2.38. The van der Waals surface area contributed by atoms with E-state index in [9.17, 15) is 0 Å². The van der Waals surface area contributed by atoms with Crippen LogP contribution in [-0.2, 0) is 38.5 Å². The molecule has 0 heteroatoms. The highest BCUT2D eigenvalue weighted by atomic mass is 14.3. The molecule has 2 aromatic rings. The number of rotatable bonds is 8. The summed E-state index contributed by atoms with van der Waals surface area (Å²) in [5.74, 6) is 0. The lowest BCUT2D eigenvalue weighted by Gasteiger charge is -2.30. The molecule has 0 unspecified atom stereocenters. The smallest absolute Gasteiger partial charge is 0.00171 e. The first-order chi connectivity index (χ1) is 12.7. The minimum Gasteiger partial charge on any atom is -0.0651 e. The summed E-state index contributed by atoms with van der Waals surface area (Å²) < 4.78 is 0. The van der Waals surface area contributed by atoms with E-state index in [0.29, 0.717) is 0 Å². The maximum atomic E-state index is 2.35. The molecule has 0 saturated carbocycles. The lowest BCUT2D eigenvalue weighted by molar-refractivity contribution is 0.773. The summed E-state index contributed by atoms with van der Waals surface area (Å²) in [6.07, 6.45) is 12.4. The fourth-order valence-electron chi connectivity index (χ4n) is 5.01. The third-order valence-electron chi connectivity index (χ3n) is 6.04. The molecule has 0 nitrogen and oxygen atoms in total. The Kier molecular flexibility index (Phi) is 6.57. The quantitative estimate of drug-likeness (QED) is 0.411. The summed E-state index contributed by atoms with van der Waals surface area (Å²) in [4.78, 5) is 0. The summed E-state index contributed by atoms with van der Waals surface area (Å²) in [6, 6.07) is 9.14. The molecule has 1 aliphatic carbocycles. The summed E-state index contributed by atoms with van der Waals surface area (Å²) in [6.45, 7) is 9.38. The predicted molar refractivity (Wildman–Crippen MR) is 114 cm³/mol. The lowest BCUT2D eigenvalue weighted by Crippen LogP contribution is -2.18. The number of hydrogen-bond donors (Lipinski definition) is 0. The Morgan fingerprint density at radius 2 is 0.885 bits per heavy atom. The van der Waals surface area contributed by atoms with Crippen molar-refractivity contribution in [2.45, 2.75) is 91.9 Å². The van der Waals surface area contributed by atoms with E-state index >= 15 is 0 Å². The van der Waals surface area contributed by atoms with Crippen LogP contribution in [0.5, 0.6) is 0 Å². The van der Waals surface area contributed by atoms with Gasteiger partial charge >= 0.3 is 0 Å². The standard InChI is InChI=1S/C26H36/c1-5-11-21-22(12-6-2)24(14-8-4)26-18-20-16-10-9-15-19(20)17-25(26)23(21)13-7-3/h9-10,15-16H,5-8,11-14,17-18H2,1-4H3. The van der Waals surface area contributed by atoms with Gasteiger partial charge in [0.05, 0.1) is 0 Å². The van der Waals surface area contributed by atoms with Crippen molar-refractivity contribution in [1.82, 2.24) is 0 Å². The van der Waals surface area contributed by atoms with E-state index in [4.69, 9.17) is 0 Å². The van der Waals surface area contributed by atoms with Crippen LogP contribution >= 0.6 is 0 Å². The molecule has 1 aliphatic rings. The first kappa shape index (κ1) is 19.2. The second kappa shape index (κ2) is 8.89. The molecule has 0 spiro atoms. The molecule has 2 aromatic carbocycles. The van der Waals surface area contributed by atoms with E-state index in [2.05, 4.69) is 52.0 Å². The van der Waals surface area contributed by atoms with Crippen LogP contribution in [0.3, 0.4) is 0 Å². The van der Waals surface area contributed by atoms with Crippen LogP contribution in [0.15, 0.2) is 24.3 Å². The van der Waals surface area contributed by atoms with Crippen LogP contribution < -0.4 is 0 Å². The van der Waals surface area contributed by atoms with Crippen molar-refractivity contribution in [3.8, 4) is 0 Å². The van der Waals surface area contributed by atoms with E-state index in [-0.39, 0.29) is 0 Å². The van der Waals surface area contributed by atoms with E-state index in [1.54, 1.807) is 44.5 Å². The summed E-state index contributed by atoms with van der Waals surface area (Å²) >= 11 is 0. The minimum atomic E-state index is 1.15. The average molecular weight is 349 g/mol. The van der Waals surface area contributed by atoms with Crippen LogP contribution in [0.1, 0.15) is 97.9 Å². The Balaban J connectivity index is 2.26. The SMILES string of the molecule is CCCc1c(CCC)c(CCC)c2c(c1CCC)Cc1ccccc1C2. The number of benzene rings is 2. The van der Waals surface area contributed by atoms with Crippen molar-refractivity contribution in [2.75, 3.05) is 0 Å². The summed E-state index contributed by atoms with van der Waals surface area (Å²) in [5.41, 5.74) is 13.4. The molecule has 0 atom stereocenters. The van der Waals surface area contributed by atoms with E-state index < -0.39 is 0 Å². The van der Waals surface area contributed by atoms with Gasteiger partial charge in [0.25, 0.3) is 0 Å². The molecule has 0 saturated heterocycles. The normalized spacial score (nSPS) is 12.8. The third-order valence-corrected chi connectivity index (χ3v) is 6.04. The van der Waals surface area contributed by atoms with Crippen molar-refractivity contribution >= 4 is 0 Å². The van der Waals surface area contributed by atoms with Gasteiger partial charge < -0.3 is 0 Å². The fourth-order valence-corrected chi connectivity index (χ4v) is 5.01. The monoisotopic (exact) mass is 348 g/mol. The molecular formula is C26H36. The molecule has 0 aliphatic heterocycles. The van der Waals surface area contributed by atoms with Crippen LogP contribution in [0.2, 0.25) is 0 Å². The zero-order valence-corrected chi connectivity index (χ0v) is 17.4. The van der Waals surface area contributed by atoms with Crippen molar-refractivity contribution in [3.05, 3.63) is 68.8 Å². The number of hydrogen-bond acceptors (Lipinski definition) is 0. The minimum absolute atomic E-state index is 1.15. The lowest BCUT2D eigenvalue weighted by atomic mass is 9.74. The second-order valence-electron chi connectivity index (χ2n) is 7.99. The highest BCUT2D eigenvalue weighted by molar-refractivity contribution is 5.58.